The Balaban J connectivity index is 2.20. The van der Waals surface area contributed by atoms with Crippen LogP contribution < -0.4 is 14.8 Å². The standard InChI is InChI=1S/C12H17NO3/c1-3-9(13-2)12(14)8-4-5-10-11(6-8)16-7-15-10/h4-6,9,12-14H,3,7H2,1-2H3. The fourth-order valence-corrected chi connectivity index (χ4v) is 1.91. The van der Waals surface area contributed by atoms with Gasteiger partial charge >= 0.3 is 0 Å². The zero-order valence-electron chi connectivity index (χ0n) is 9.56. The van der Waals surface area contributed by atoms with Gasteiger partial charge in [-0.3, -0.25) is 0 Å². The quantitative estimate of drug-likeness (QED) is 0.811. The largest absolute Gasteiger partial charge is 0.454 e. The molecule has 1 aliphatic heterocycles. The van der Waals surface area contributed by atoms with Gasteiger partial charge in [-0.1, -0.05) is 13.0 Å². The molecule has 0 saturated heterocycles. The maximum Gasteiger partial charge on any atom is 0.231 e. The van der Waals surface area contributed by atoms with E-state index in [1.54, 1.807) is 0 Å². The Morgan fingerprint density at radius 1 is 1.38 bits per heavy atom. The van der Waals surface area contributed by atoms with Crippen LogP contribution in [-0.2, 0) is 0 Å². The maximum absolute atomic E-state index is 10.2. The van der Waals surface area contributed by atoms with Crippen LogP contribution in [0.25, 0.3) is 0 Å². The SMILES string of the molecule is CCC(NC)C(O)c1ccc2c(c1)OCO2. The summed E-state index contributed by atoms with van der Waals surface area (Å²) in [7, 11) is 1.85. The lowest BCUT2D eigenvalue weighted by molar-refractivity contribution is 0.130. The molecule has 2 unspecified atom stereocenters. The van der Waals surface area contributed by atoms with E-state index < -0.39 is 6.10 Å². The molecule has 1 aliphatic rings. The predicted octanol–water partition coefficient (Wildman–Crippen LogP) is 1.45. The molecule has 2 N–H and O–H groups in total. The molecular weight excluding hydrogens is 206 g/mol. The van der Waals surface area contributed by atoms with Crippen molar-refractivity contribution in [3.8, 4) is 11.5 Å². The zero-order valence-corrected chi connectivity index (χ0v) is 9.56. The molecule has 2 rings (SSSR count). The number of rotatable bonds is 4. The molecule has 1 aromatic carbocycles. The van der Waals surface area contributed by atoms with E-state index >= 15 is 0 Å². The van der Waals surface area contributed by atoms with Crippen LogP contribution in [0.5, 0.6) is 11.5 Å². The van der Waals surface area contributed by atoms with Gasteiger partial charge < -0.3 is 19.9 Å². The average Bonchev–Trinajstić information content (AvgIpc) is 2.77. The van der Waals surface area contributed by atoms with Crippen LogP contribution in [-0.4, -0.2) is 25.0 Å². The molecule has 0 amide bonds. The third-order valence-electron chi connectivity index (χ3n) is 2.93. The van der Waals surface area contributed by atoms with Gasteiger partial charge in [0.15, 0.2) is 11.5 Å². The summed E-state index contributed by atoms with van der Waals surface area (Å²) in [6.07, 6.45) is 0.344. The molecule has 0 spiro atoms. The number of nitrogens with one attached hydrogen (secondary N) is 1. The first-order valence-electron chi connectivity index (χ1n) is 5.51. The summed E-state index contributed by atoms with van der Waals surface area (Å²) in [6.45, 7) is 2.30. The molecule has 88 valence electrons. The second kappa shape index (κ2) is 4.72. The lowest BCUT2D eigenvalue weighted by Crippen LogP contribution is -2.31. The van der Waals surface area contributed by atoms with E-state index in [0.29, 0.717) is 5.75 Å². The molecule has 1 aromatic rings. The highest BCUT2D eigenvalue weighted by Gasteiger charge is 2.21. The summed E-state index contributed by atoms with van der Waals surface area (Å²) in [6, 6.07) is 5.61. The number of aliphatic hydroxyl groups is 1. The van der Waals surface area contributed by atoms with Gasteiger partial charge in [-0.05, 0) is 31.2 Å². The molecule has 0 aromatic heterocycles. The van der Waals surface area contributed by atoms with Gasteiger partial charge in [-0.2, -0.15) is 0 Å². The smallest absolute Gasteiger partial charge is 0.231 e. The first kappa shape index (κ1) is 11.2. The number of fused-ring (bicyclic) bond motifs is 1. The molecule has 16 heavy (non-hydrogen) atoms. The van der Waals surface area contributed by atoms with Crippen LogP contribution in [0.2, 0.25) is 0 Å². The fraction of sp³-hybridized carbons (Fsp3) is 0.500. The highest BCUT2D eigenvalue weighted by molar-refractivity contribution is 5.45. The van der Waals surface area contributed by atoms with Gasteiger partial charge in [0.05, 0.1) is 6.10 Å². The van der Waals surface area contributed by atoms with Crippen molar-refractivity contribution in [1.82, 2.24) is 5.32 Å². The van der Waals surface area contributed by atoms with E-state index in [2.05, 4.69) is 5.32 Å². The summed E-state index contributed by atoms with van der Waals surface area (Å²) in [5.74, 6) is 1.45. The van der Waals surface area contributed by atoms with Crippen molar-refractivity contribution in [2.75, 3.05) is 13.8 Å². The van der Waals surface area contributed by atoms with Crippen molar-refractivity contribution < 1.29 is 14.6 Å². The van der Waals surface area contributed by atoms with Gasteiger partial charge in [0.1, 0.15) is 0 Å². The predicted molar refractivity (Wildman–Crippen MR) is 60.7 cm³/mol. The summed E-state index contributed by atoms with van der Waals surface area (Å²) in [4.78, 5) is 0. The first-order chi connectivity index (χ1) is 7.76. The minimum Gasteiger partial charge on any atom is -0.454 e. The maximum atomic E-state index is 10.2. The topological polar surface area (TPSA) is 50.7 Å². The highest BCUT2D eigenvalue weighted by atomic mass is 16.7. The van der Waals surface area contributed by atoms with Crippen molar-refractivity contribution in [1.29, 1.82) is 0 Å². The van der Waals surface area contributed by atoms with Gasteiger partial charge in [-0.25, -0.2) is 0 Å². The molecule has 0 saturated carbocycles. The van der Waals surface area contributed by atoms with Crippen molar-refractivity contribution in [3.63, 3.8) is 0 Å². The summed E-state index contributed by atoms with van der Waals surface area (Å²) in [5, 5.41) is 13.2. The van der Waals surface area contributed by atoms with Crippen LogP contribution in [0.15, 0.2) is 18.2 Å². The summed E-state index contributed by atoms with van der Waals surface area (Å²) in [5.41, 5.74) is 0.852. The van der Waals surface area contributed by atoms with Crippen molar-refractivity contribution in [2.45, 2.75) is 25.5 Å². The van der Waals surface area contributed by atoms with Crippen molar-refractivity contribution >= 4 is 0 Å². The van der Waals surface area contributed by atoms with Crippen LogP contribution in [0.1, 0.15) is 25.0 Å². The fourth-order valence-electron chi connectivity index (χ4n) is 1.91. The van der Waals surface area contributed by atoms with Crippen molar-refractivity contribution in [3.05, 3.63) is 23.8 Å². The summed E-state index contributed by atoms with van der Waals surface area (Å²) < 4.78 is 10.5. The Morgan fingerprint density at radius 3 is 2.81 bits per heavy atom. The lowest BCUT2D eigenvalue weighted by Gasteiger charge is -2.21. The molecular formula is C12H17NO3. The Kier molecular flexibility index (Phi) is 3.31. The Hall–Kier alpha value is -1.26. The highest BCUT2D eigenvalue weighted by Crippen LogP contribution is 2.34. The molecule has 2 atom stereocenters. The first-order valence-corrected chi connectivity index (χ1v) is 5.51. The molecule has 4 nitrogen and oxygen atoms in total. The minimum atomic E-state index is -0.524. The van der Waals surface area contributed by atoms with Gasteiger partial charge in [0.2, 0.25) is 6.79 Å². The van der Waals surface area contributed by atoms with E-state index in [0.717, 1.165) is 17.7 Å². The van der Waals surface area contributed by atoms with Crippen LogP contribution >= 0.6 is 0 Å². The Labute approximate surface area is 95.2 Å². The Morgan fingerprint density at radius 2 is 2.12 bits per heavy atom. The van der Waals surface area contributed by atoms with Gasteiger partial charge in [-0.15, -0.1) is 0 Å². The van der Waals surface area contributed by atoms with Crippen LogP contribution in [0.3, 0.4) is 0 Å². The van der Waals surface area contributed by atoms with E-state index in [-0.39, 0.29) is 12.8 Å². The molecule has 1 heterocycles. The minimum absolute atomic E-state index is 0.0559. The third kappa shape index (κ3) is 1.99. The molecule has 4 heteroatoms. The second-order valence-electron chi connectivity index (χ2n) is 3.86. The second-order valence-corrected chi connectivity index (χ2v) is 3.86. The third-order valence-corrected chi connectivity index (χ3v) is 2.93. The Bertz CT molecular complexity index is 363. The van der Waals surface area contributed by atoms with Gasteiger partial charge in [0.25, 0.3) is 0 Å². The molecule has 0 fully saturated rings. The lowest BCUT2D eigenvalue weighted by atomic mass is 10.00. The monoisotopic (exact) mass is 223 g/mol. The number of benzene rings is 1. The van der Waals surface area contributed by atoms with E-state index in [9.17, 15) is 5.11 Å². The normalized spacial score (nSPS) is 17.2. The van der Waals surface area contributed by atoms with E-state index in [4.69, 9.17) is 9.47 Å². The number of ether oxygens (including phenoxy) is 2. The number of likely N-dealkylation sites (N-methyl/N-ethyl adjacent to an activating group) is 1. The zero-order chi connectivity index (χ0) is 11.5. The van der Waals surface area contributed by atoms with Crippen LogP contribution in [0, 0.1) is 0 Å². The molecule has 0 bridgehead atoms. The van der Waals surface area contributed by atoms with E-state index in [1.807, 2.05) is 32.2 Å². The number of hydrogen-bond acceptors (Lipinski definition) is 4. The number of aliphatic hydroxyl groups excluding tert-OH is 1. The molecule has 0 aliphatic carbocycles. The average molecular weight is 223 g/mol. The van der Waals surface area contributed by atoms with E-state index in [1.165, 1.54) is 0 Å². The number of hydrogen-bond donors (Lipinski definition) is 2. The van der Waals surface area contributed by atoms with Crippen LogP contribution in [0.4, 0.5) is 0 Å². The van der Waals surface area contributed by atoms with Gasteiger partial charge in [0, 0.05) is 6.04 Å². The molecule has 0 radical (unpaired) electrons. The summed E-state index contributed by atoms with van der Waals surface area (Å²) >= 11 is 0. The van der Waals surface area contributed by atoms with Crippen molar-refractivity contribution in [2.24, 2.45) is 0 Å².